The van der Waals surface area contributed by atoms with Crippen LogP contribution >= 0.6 is 0 Å². The van der Waals surface area contributed by atoms with E-state index in [1.54, 1.807) is 13.2 Å². The van der Waals surface area contributed by atoms with Gasteiger partial charge in [-0.15, -0.1) is 0 Å². The molecule has 11 heteroatoms. The second kappa shape index (κ2) is 11.3. The SMILES string of the molecule is COc1ccc2c(c1)[C@@H]1C[C@]1(C(=O)N1CCN3CCC[C@@H]3C1)Cn1c-2c(C2CCCCC2)c2ccc(C(=O)NS(=O)(=O)N(C)C)cc21. The number of nitrogens with zero attached hydrogens (tertiary/aromatic N) is 4. The van der Waals surface area contributed by atoms with Crippen LogP contribution < -0.4 is 9.46 Å². The highest BCUT2D eigenvalue weighted by molar-refractivity contribution is 7.87. The normalized spacial score (nSPS) is 25.9. The summed E-state index contributed by atoms with van der Waals surface area (Å²) in [5.41, 5.74) is 5.33. The summed E-state index contributed by atoms with van der Waals surface area (Å²) in [4.78, 5) is 32.8. The van der Waals surface area contributed by atoms with Crippen LogP contribution in [0.4, 0.5) is 0 Å². The lowest BCUT2D eigenvalue weighted by Crippen LogP contribution is -2.54. The van der Waals surface area contributed by atoms with Crippen LogP contribution in [0.25, 0.3) is 22.2 Å². The van der Waals surface area contributed by atoms with Crippen molar-refractivity contribution >= 4 is 32.9 Å². The molecule has 0 spiro atoms. The minimum atomic E-state index is -3.96. The van der Waals surface area contributed by atoms with Gasteiger partial charge < -0.3 is 14.2 Å². The van der Waals surface area contributed by atoms with E-state index in [0.29, 0.717) is 18.5 Å². The summed E-state index contributed by atoms with van der Waals surface area (Å²) in [7, 11) is 0.517. The first-order chi connectivity index (χ1) is 22.6. The molecule has 3 aliphatic heterocycles. The summed E-state index contributed by atoms with van der Waals surface area (Å²) in [5, 5.41) is 1.09. The highest BCUT2D eigenvalue weighted by Crippen LogP contribution is 2.66. The second-order valence-corrected chi connectivity index (χ2v) is 16.5. The Morgan fingerprint density at radius 1 is 0.979 bits per heavy atom. The molecule has 250 valence electrons. The Hall–Kier alpha value is -3.41. The van der Waals surface area contributed by atoms with Crippen LogP contribution in [0.1, 0.15) is 84.7 Å². The fourth-order valence-electron chi connectivity index (χ4n) is 9.18. The first-order valence-electron chi connectivity index (χ1n) is 17.2. The average Bonchev–Trinajstić information content (AvgIpc) is 3.49. The third-order valence-electron chi connectivity index (χ3n) is 11.8. The van der Waals surface area contributed by atoms with Crippen LogP contribution in [-0.4, -0.2) is 92.3 Å². The highest BCUT2D eigenvalue weighted by Gasteiger charge is 2.64. The number of carbonyl (C=O) groups is 2. The molecule has 3 atom stereocenters. The van der Waals surface area contributed by atoms with Gasteiger partial charge in [0, 0.05) is 74.3 Å². The van der Waals surface area contributed by atoms with Crippen LogP contribution in [0.15, 0.2) is 36.4 Å². The molecular formula is C36H45N5O5S. The first-order valence-corrected chi connectivity index (χ1v) is 18.7. The van der Waals surface area contributed by atoms with Gasteiger partial charge in [-0.05, 0) is 86.0 Å². The molecule has 1 aromatic heterocycles. The van der Waals surface area contributed by atoms with Gasteiger partial charge >= 0.3 is 10.2 Å². The maximum Gasteiger partial charge on any atom is 0.303 e. The zero-order valence-corrected chi connectivity index (χ0v) is 28.4. The summed E-state index contributed by atoms with van der Waals surface area (Å²) in [6.45, 7) is 4.13. The fraction of sp³-hybridized carbons (Fsp3) is 0.556. The Kier molecular flexibility index (Phi) is 7.46. The Bertz CT molecular complexity index is 1880. The molecule has 10 nitrogen and oxygen atoms in total. The van der Waals surface area contributed by atoms with Gasteiger partial charge in [0.15, 0.2) is 0 Å². The van der Waals surface area contributed by atoms with Crippen molar-refractivity contribution in [1.29, 1.82) is 0 Å². The maximum absolute atomic E-state index is 14.8. The summed E-state index contributed by atoms with van der Waals surface area (Å²) in [6, 6.07) is 12.4. The van der Waals surface area contributed by atoms with E-state index in [1.807, 2.05) is 18.2 Å². The van der Waals surface area contributed by atoms with Crippen LogP contribution in [0.5, 0.6) is 5.75 Å². The van der Waals surface area contributed by atoms with Crippen molar-refractivity contribution in [3.05, 3.63) is 53.1 Å². The molecule has 0 bridgehead atoms. The number of benzene rings is 2. The lowest BCUT2D eigenvalue weighted by Gasteiger charge is -2.39. The van der Waals surface area contributed by atoms with Crippen molar-refractivity contribution < 1.29 is 22.7 Å². The Morgan fingerprint density at radius 3 is 2.55 bits per heavy atom. The van der Waals surface area contributed by atoms with E-state index in [1.165, 1.54) is 50.9 Å². The van der Waals surface area contributed by atoms with Crippen molar-refractivity contribution in [3.8, 4) is 17.0 Å². The number of methoxy groups -OCH3 is 1. The van der Waals surface area contributed by atoms with Crippen LogP contribution in [0, 0.1) is 5.41 Å². The summed E-state index contributed by atoms with van der Waals surface area (Å²) in [5.74, 6) is 0.804. The van der Waals surface area contributed by atoms with Crippen molar-refractivity contribution in [3.63, 3.8) is 0 Å². The van der Waals surface area contributed by atoms with E-state index < -0.39 is 21.5 Å². The number of hydrogen-bond donors (Lipinski definition) is 1. The Morgan fingerprint density at radius 2 is 1.79 bits per heavy atom. The third-order valence-corrected chi connectivity index (χ3v) is 13.2. The molecule has 8 rings (SSSR count). The maximum atomic E-state index is 14.8. The molecule has 4 fully saturated rings. The van der Waals surface area contributed by atoms with Crippen molar-refractivity contribution in [2.45, 2.75) is 75.8 Å². The van der Waals surface area contributed by atoms with Gasteiger partial charge in [0.2, 0.25) is 5.91 Å². The van der Waals surface area contributed by atoms with E-state index in [-0.39, 0.29) is 17.4 Å². The van der Waals surface area contributed by atoms with E-state index in [2.05, 4.69) is 31.2 Å². The van der Waals surface area contributed by atoms with Crippen LogP contribution in [0.2, 0.25) is 0 Å². The van der Waals surface area contributed by atoms with Gasteiger partial charge in [-0.1, -0.05) is 25.3 Å². The molecule has 47 heavy (non-hydrogen) atoms. The number of aromatic nitrogens is 1. The number of fused-ring (bicyclic) bond motifs is 8. The van der Waals surface area contributed by atoms with E-state index in [4.69, 9.17) is 4.74 Å². The Balaban J connectivity index is 1.30. The Labute approximate surface area is 277 Å². The number of hydrogen-bond acceptors (Lipinski definition) is 6. The van der Waals surface area contributed by atoms with Gasteiger partial charge in [0.25, 0.3) is 5.91 Å². The summed E-state index contributed by atoms with van der Waals surface area (Å²) < 4.78 is 36.4. The number of rotatable bonds is 6. The largest absolute Gasteiger partial charge is 0.497 e. The number of ether oxygens (including phenoxy) is 1. The van der Waals surface area contributed by atoms with Gasteiger partial charge in [-0.3, -0.25) is 14.5 Å². The lowest BCUT2D eigenvalue weighted by atomic mass is 9.81. The molecule has 4 heterocycles. The minimum absolute atomic E-state index is 0.0765. The van der Waals surface area contributed by atoms with Crippen molar-refractivity contribution in [1.82, 2.24) is 23.4 Å². The molecule has 2 aromatic carbocycles. The molecular weight excluding hydrogens is 614 g/mol. The minimum Gasteiger partial charge on any atom is -0.497 e. The zero-order chi connectivity index (χ0) is 32.7. The predicted octanol–water partition coefficient (Wildman–Crippen LogP) is 4.69. The first kappa shape index (κ1) is 30.9. The average molecular weight is 660 g/mol. The van der Waals surface area contributed by atoms with Gasteiger partial charge in [-0.2, -0.15) is 12.7 Å². The number of carbonyl (C=O) groups excluding carboxylic acids is 2. The van der Waals surface area contributed by atoms with Gasteiger partial charge in [-0.25, -0.2) is 4.72 Å². The molecule has 0 unspecified atom stereocenters. The lowest BCUT2D eigenvalue weighted by molar-refractivity contribution is -0.140. The van der Waals surface area contributed by atoms with Crippen molar-refractivity contribution in [2.75, 3.05) is 47.4 Å². The molecule has 2 saturated carbocycles. The number of nitrogens with one attached hydrogen (secondary N) is 1. The second-order valence-electron chi connectivity index (χ2n) is 14.6. The topological polar surface area (TPSA) is 104 Å². The monoisotopic (exact) mass is 659 g/mol. The molecule has 5 aliphatic rings. The third kappa shape index (κ3) is 4.99. The molecule has 1 N–H and O–H groups in total. The molecule has 2 aliphatic carbocycles. The van der Waals surface area contributed by atoms with Gasteiger partial charge in [0.05, 0.1) is 18.2 Å². The zero-order valence-electron chi connectivity index (χ0n) is 27.6. The van der Waals surface area contributed by atoms with Crippen LogP contribution in [0.3, 0.4) is 0 Å². The van der Waals surface area contributed by atoms with Crippen LogP contribution in [-0.2, 0) is 21.5 Å². The molecule has 2 amide bonds. The predicted molar refractivity (Wildman–Crippen MR) is 181 cm³/mol. The van der Waals surface area contributed by atoms with E-state index in [0.717, 1.165) is 84.1 Å². The number of piperazine rings is 1. The van der Waals surface area contributed by atoms with Gasteiger partial charge in [0.1, 0.15) is 5.75 Å². The summed E-state index contributed by atoms with van der Waals surface area (Å²) in [6.07, 6.45) is 8.89. The number of amides is 2. The standard InChI is InChI=1S/C36H45N5O5S/c1-38(2)47(44,45)37-34(42)24-11-13-28-31(18-24)41-22-36(35(43)40-17-16-39-15-7-10-25(39)21-40)20-30(36)29-19-26(46-3)12-14-27(29)33(41)32(28)23-8-5-4-6-9-23/h11-14,18-19,23,25,30H,4-10,15-17,20-22H2,1-3H3,(H,37,42)/t25-,30+,36+/m1/s1. The molecule has 3 aromatic rings. The summed E-state index contributed by atoms with van der Waals surface area (Å²) >= 11 is 0. The fourth-order valence-corrected chi connectivity index (χ4v) is 9.71. The molecule has 0 radical (unpaired) electrons. The van der Waals surface area contributed by atoms with Crippen molar-refractivity contribution in [2.24, 2.45) is 5.41 Å². The quantitative estimate of drug-likeness (QED) is 0.412. The smallest absolute Gasteiger partial charge is 0.303 e. The van der Waals surface area contributed by atoms with E-state index in [9.17, 15) is 18.0 Å². The highest BCUT2D eigenvalue weighted by atomic mass is 32.2. The molecule has 2 saturated heterocycles. The van der Waals surface area contributed by atoms with E-state index >= 15 is 0 Å².